The molecule has 0 saturated carbocycles. The molecular formula is C22H17F2N3O. The Morgan fingerprint density at radius 3 is 2.39 bits per heavy atom. The number of fused-ring (bicyclic) bond motifs is 1. The smallest absolute Gasteiger partial charge is 0.217 e. The van der Waals surface area contributed by atoms with Crippen LogP contribution in [0.5, 0.6) is 0 Å². The first kappa shape index (κ1) is 17.9. The van der Waals surface area contributed by atoms with Gasteiger partial charge in [-0.25, -0.2) is 13.8 Å². The second kappa shape index (κ2) is 7.23. The summed E-state index contributed by atoms with van der Waals surface area (Å²) in [7, 11) is 0. The molecule has 1 aromatic heterocycles. The molecule has 4 nitrogen and oxygen atoms in total. The maximum absolute atomic E-state index is 13.6. The van der Waals surface area contributed by atoms with Crippen LogP contribution in [0.4, 0.5) is 8.78 Å². The summed E-state index contributed by atoms with van der Waals surface area (Å²) in [5.74, 6) is -1.82. The molecule has 0 unspecified atom stereocenters. The Morgan fingerprint density at radius 1 is 0.964 bits per heavy atom. The molecule has 4 aromatic rings. The van der Waals surface area contributed by atoms with E-state index in [1.54, 1.807) is 12.4 Å². The number of nitrogens with zero attached hydrogens (tertiary/aromatic N) is 2. The molecule has 1 heterocycles. The van der Waals surface area contributed by atoms with Crippen LogP contribution in [0.2, 0.25) is 0 Å². The van der Waals surface area contributed by atoms with Gasteiger partial charge >= 0.3 is 0 Å². The summed E-state index contributed by atoms with van der Waals surface area (Å²) in [5.41, 5.74) is 4.93. The third-order valence-corrected chi connectivity index (χ3v) is 4.56. The third kappa shape index (κ3) is 3.49. The summed E-state index contributed by atoms with van der Waals surface area (Å²) in [6.07, 6.45) is 1.72. The van der Waals surface area contributed by atoms with Gasteiger partial charge in [-0.15, -0.1) is 0 Å². The van der Waals surface area contributed by atoms with Crippen LogP contribution < -0.4 is 5.32 Å². The molecule has 0 aliphatic heterocycles. The molecule has 0 spiro atoms. The highest BCUT2D eigenvalue weighted by Crippen LogP contribution is 2.27. The molecule has 0 saturated heterocycles. The molecule has 4 rings (SSSR count). The lowest BCUT2D eigenvalue weighted by Crippen LogP contribution is -2.18. The van der Waals surface area contributed by atoms with Gasteiger partial charge in [-0.3, -0.25) is 9.36 Å². The number of carbonyl (C=O) groups excluding carboxylic acids is 1. The van der Waals surface area contributed by atoms with E-state index in [1.165, 1.54) is 13.0 Å². The molecule has 0 radical (unpaired) electrons. The van der Waals surface area contributed by atoms with Gasteiger partial charge in [-0.1, -0.05) is 24.3 Å². The summed E-state index contributed by atoms with van der Waals surface area (Å²) in [4.78, 5) is 15.5. The van der Waals surface area contributed by atoms with Crippen LogP contribution in [0.25, 0.3) is 27.8 Å². The third-order valence-electron chi connectivity index (χ3n) is 4.56. The number of amides is 1. The summed E-state index contributed by atoms with van der Waals surface area (Å²) < 4.78 is 28.7. The van der Waals surface area contributed by atoms with Crippen molar-refractivity contribution < 1.29 is 13.6 Å². The van der Waals surface area contributed by atoms with Crippen LogP contribution in [-0.4, -0.2) is 15.5 Å². The topological polar surface area (TPSA) is 46.9 Å². The van der Waals surface area contributed by atoms with Gasteiger partial charge in [0.15, 0.2) is 11.6 Å². The molecule has 0 aliphatic rings. The van der Waals surface area contributed by atoms with Crippen molar-refractivity contribution in [3.63, 3.8) is 0 Å². The van der Waals surface area contributed by atoms with E-state index in [9.17, 15) is 13.6 Å². The summed E-state index contributed by atoms with van der Waals surface area (Å²) >= 11 is 0. The van der Waals surface area contributed by atoms with Crippen LogP contribution in [0, 0.1) is 11.6 Å². The monoisotopic (exact) mass is 377 g/mol. The molecule has 0 atom stereocenters. The van der Waals surface area contributed by atoms with E-state index in [-0.39, 0.29) is 5.91 Å². The van der Waals surface area contributed by atoms with Crippen molar-refractivity contribution in [2.24, 2.45) is 0 Å². The zero-order valence-electron chi connectivity index (χ0n) is 15.1. The molecule has 0 bridgehead atoms. The molecular weight excluding hydrogens is 360 g/mol. The number of hydrogen-bond acceptors (Lipinski definition) is 2. The number of hydrogen-bond donors (Lipinski definition) is 1. The molecule has 0 aliphatic carbocycles. The standard InChI is InChI=1S/C22H17F2N3O/c1-14(28)25-12-15-2-6-18(7-3-15)27-13-26-21-9-5-17(11-22(21)27)16-4-8-19(23)20(24)10-16/h2-11,13H,12H2,1H3,(H,25,28). The zero-order chi connectivity index (χ0) is 19.7. The van der Waals surface area contributed by atoms with Crippen molar-refractivity contribution in [2.75, 3.05) is 0 Å². The van der Waals surface area contributed by atoms with Crippen LogP contribution in [-0.2, 0) is 11.3 Å². The van der Waals surface area contributed by atoms with Gasteiger partial charge in [0.25, 0.3) is 0 Å². The molecule has 0 fully saturated rings. The Labute approximate surface area is 160 Å². The highest BCUT2D eigenvalue weighted by Gasteiger charge is 2.09. The average molecular weight is 377 g/mol. The summed E-state index contributed by atoms with van der Waals surface area (Å²) in [6, 6.07) is 17.2. The van der Waals surface area contributed by atoms with Crippen LogP contribution in [0.1, 0.15) is 12.5 Å². The SMILES string of the molecule is CC(=O)NCc1ccc(-n2cnc3ccc(-c4ccc(F)c(F)c4)cc32)cc1. The normalized spacial score (nSPS) is 11.0. The van der Waals surface area contributed by atoms with Crippen molar-refractivity contribution in [1.29, 1.82) is 0 Å². The number of carbonyl (C=O) groups is 1. The van der Waals surface area contributed by atoms with Gasteiger partial charge in [-0.2, -0.15) is 0 Å². The molecule has 6 heteroatoms. The molecule has 3 aromatic carbocycles. The maximum Gasteiger partial charge on any atom is 0.217 e. The first-order valence-corrected chi connectivity index (χ1v) is 8.77. The van der Waals surface area contributed by atoms with E-state index in [0.717, 1.165) is 33.9 Å². The van der Waals surface area contributed by atoms with Gasteiger partial charge in [0.05, 0.1) is 11.0 Å². The van der Waals surface area contributed by atoms with Gasteiger partial charge in [0.2, 0.25) is 5.91 Å². The number of imidazole rings is 1. The second-order valence-corrected chi connectivity index (χ2v) is 6.52. The summed E-state index contributed by atoms with van der Waals surface area (Å²) in [5, 5.41) is 2.76. The Balaban J connectivity index is 1.70. The quantitative estimate of drug-likeness (QED) is 0.565. The zero-order valence-corrected chi connectivity index (χ0v) is 15.1. The van der Waals surface area contributed by atoms with Crippen LogP contribution in [0.15, 0.2) is 67.0 Å². The fraction of sp³-hybridized carbons (Fsp3) is 0.0909. The minimum absolute atomic E-state index is 0.0746. The van der Waals surface area contributed by atoms with E-state index in [1.807, 2.05) is 47.0 Å². The predicted molar refractivity (Wildman–Crippen MR) is 104 cm³/mol. The number of nitrogens with one attached hydrogen (secondary N) is 1. The highest BCUT2D eigenvalue weighted by molar-refractivity contribution is 5.83. The second-order valence-electron chi connectivity index (χ2n) is 6.52. The maximum atomic E-state index is 13.6. The van der Waals surface area contributed by atoms with Crippen LogP contribution in [0.3, 0.4) is 0 Å². The Morgan fingerprint density at radius 2 is 1.68 bits per heavy atom. The van der Waals surface area contributed by atoms with Crippen molar-refractivity contribution in [1.82, 2.24) is 14.9 Å². The van der Waals surface area contributed by atoms with E-state index in [4.69, 9.17) is 0 Å². The average Bonchev–Trinajstić information content (AvgIpc) is 3.12. The molecule has 140 valence electrons. The lowest BCUT2D eigenvalue weighted by atomic mass is 10.0. The van der Waals surface area contributed by atoms with E-state index in [0.29, 0.717) is 12.1 Å². The molecule has 1 amide bonds. The fourth-order valence-electron chi connectivity index (χ4n) is 3.07. The first-order valence-electron chi connectivity index (χ1n) is 8.77. The van der Waals surface area contributed by atoms with E-state index in [2.05, 4.69) is 10.3 Å². The minimum atomic E-state index is -0.874. The fourth-order valence-corrected chi connectivity index (χ4v) is 3.07. The summed E-state index contributed by atoms with van der Waals surface area (Å²) in [6.45, 7) is 1.96. The minimum Gasteiger partial charge on any atom is -0.352 e. The first-order chi connectivity index (χ1) is 13.5. The number of benzene rings is 3. The number of aromatic nitrogens is 2. The lowest BCUT2D eigenvalue weighted by Gasteiger charge is -2.08. The van der Waals surface area contributed by atoms with Crippen LogP contribution >= 0.6 is 0 Å². The van der Waals surface area contributed by atoms with Crippen molar-refractivity contribution in [3.8, 4) is 16.8 Å². The van der Waals surface area contributed by atoms with Crippen molar-refractivity contribution in [3.05, 3.63) is 84.2 Å². The van der Waals surface area contributed by atoms with Gasteiger partial charge in [0, 0.05) is 19.2 Å². The largest absolute Gasteiger partial charge is 0.352 e. The number of rotatable bonds is 4. The number of halogens is 2. The Hall–Kier alpha value is -3.54. The van der Waals surface area contributed by atoms with Gasteiger partial charge < -0.3 is 5.32 Å². The molecule has 28 heavy (non-hydrogen) atoms. The Bertz CT molecular complexity index is 1170. The predicted octanol–water partition coefficient (Wildman–Crippen LogP) is 4.61. The van der Waals surface area contributed by atoms with Crippen molar-refractivity contribution >= 4 is 16.9 Å². The van der Waals surface area contributed by atoms with Crippen molar-refractivity contribution in [2.45, 2.75) is 13.5 Å². The van der Waals surface area contributed by atoms with E-state index >= 15 is 0 Å². The lowest BCUT2D eigenvalue weighted by molar-refractivity contribution is -0.119. The van der Waals surface area contributed by atoms with E-state index < -0.39 is 11.6 Å². The highest BCUT2D eigenvalue weighted by atomic mass is 19.2. The van der Waals surface area contributed by atoms with Gasteiger partial charge in [0.1, 0.15) is 6.33 Å². The molecule has 1 N–H and O–H groups in total. The van der Waals surface area contributed by atoms with Gasteiger partial charge in [-0.05, 0) is 53.1 Å². The Kier molecular flexibility index (Phi) is 4.61.